The van der Waals surface area contributed by atoms with Crippen LogP contribution in [-0.4, -0.2) is 33.5 Å². The molecule has 0 fully saturated rings. The lowest BCUT2D eigenvalue weighted by atomic mass is 10.1. The van der Waals surface area contributed by atoms with Crippen LogP contribution in [0.4, 0.5) is 0 Å². The van der Waals surface area contributed by atoms with Crippen LogP contribution < -0.4 is 10.3 Å². The summed E-state index contributed by atoms with van der Waals surface area (Å²) in [5, 5.41) is 0.591. The third-order valence-corrected chi connectivity index (χ3v) is 5.42. The molecule has 1 heterocycles. The van der Waals surface area contributed by atoms with Crippen molar-refractivity contribution in [2.75, 3.05) is 13.2 Å². The molecule has 1 atom stereocenters. The van der Waals surface area contributed by atoms with E-state index in [0.29, 0.717) is 41.5 Å². The van der Waals surface area contributed by atoms with Crippen molar-refractivity contribution in [3.05, 3.63) is 70.8 Å². The zero-order valence-corrected chi connectivity index (χ0v) is 18.7. The number of para-hydroxylation sites is 2. The van der Waals surface area contributed by atoms with Gasteiger partial charge in [0.05, 0.1) is 16.9 Å². The van der Waals surface area contributed by atoms with Crippen LogP contribution in [0, 0.1) is 5.92 Å². The molecule has 1 aromatic heterocycles. The van der Waals surface area contributed by atoms with E-state index in [-0.39, 0.29) is 24.1 Å². The molecule has 2 aromatic carbocycles. The topological polar surface area (TPSA) is 64.4 Å². The number of nitrogens with zero attached hydrogens (tertiary/aromatic N) is 3. The Morgan fingerprint density at radius 2 is 1.74 bits per heavy atom. The highest BCUT2D eigenvalue weighted by Crippen LogP contribution is 2.22. The van der Waals surface area contributed by atoms with Crippen molar-refractivity contribution in [2.24, 2.45) is 5.92 Å². The van der Waals surface area contributed by atoms with Gasteiger partial charge in [-0.2, -0.15) is 0 Å². The number of hydrogen-bond donors (Lipinski definition) is 0. The Hall–Kier alpha value is -3.15. The van der Waals surface area contributed by atoms with Gasteiger partial charge in [0.25, 0.3) is 11.5 Å². The molecule has 6 heteroatoms. The highest BCUT2D eigenvalue weighted by molar-refractivity contribution is 5.79. The van der Waals surface area contributed by atoms with Gasteiger partial charge < -0.3 is 9.64 Å². The number of fused-ring (bicyclic) bond motifs is 1. The number of carbonyl (C=O) groups excluding carboxylic acids is 1. The van der Waals surface area contributed by atoms with Crippen LogP contribution in [-0.2, 0) is 11.3 Å². The van der Waals surface area contributed by atoms with E-state index in [2.05, 4.69) is 13.8 Å². The van der Waals surface area contributed by atoms with Crippen LogP contribution in [0.5, 0.6) is 5.75 Å². The van der Waals surface area contributed by atoms with Gasteiger partial charge in [-0.3, -0.25) is 14.2 Å². The largest absolute Gasteiger partial charge is 0.484 e. The Labute approximate surface area is 183 Å². The summed E-state index contributed by atoms with van der Waals surface area (Å²) >= 11 is 0. The lowest BCUT2D eigenvalue weighted by molar-refractivity contribution is -0.136. The normalized spacial score (nSPS) is 12.2. The summed E-state index contributed by atoms with van der Waals surface area (Å²) in [5.41, 5.74) is 0.572. The molecule has 0 bridgehead atoms. The number of carbonyl (C=O) groups is 1. The van der Waals surface area contributed by atoms with Crippen LogP contribution in [0.2, 0.25) is 0 Å². The third kappa shape index (κ3) is 5.32. The van der Waals surface area contributed by atoms with Crippen LogP contribution in [0.25, 0.3) is 10.9 Å². The maximum atomic E-state index is 13.2. The molecule has 0 saturated heterocycles. The zero-order chi connectivity index (χ0) is 22.4. The molecule has 3 rings (SSSR count). The Bertz CT molecular complexity index is 1080. The van der Waals surface area contributed by atoms with E-state index in [1.54, 1.807) is 15.5 Å². The summed E-state index contributed by atoms with van der Waals surface area (Å²) in [6, 6.07) is 16.3. The molecule has 0 spiro atoms. The van der Waals surface area contributed by atoms with Crippen LogP contribution in [0.15, 0.2) is 59.4 Å². The summed E-state index contributed by atoms with van der Waals surface area (Å²) < 4.78 is 7.38. The van der Waals surface area contributed by atoms with Crippen LogP contribution in [0.3, 0.4) is 0 Å². The van der Waals surface area contributed by atoms with E-state index >= 15 is 0 Å². The van der Waals surface area contributed by atoms with E-state index in [0.717, 1.165) is 6.42 Å². The van der Waals surface area contributed by atoms with Crippen LogP contribution in [0.1, 0.15) is 46.0 Å². The quantitative estimate of drug-likeness (QED) is 0.513. The van der Waals surface area contributed by atoms with Gasteiger partial charge >= 0.3 is 0 Å². The zero-order valence-electron chi connectivity index (χ0n) is 18.7. The maximum absolute atomic E-state index is 13.2. The van der Waals surface area contributed by atoms with Crippen molar-refractivity contribution in [1.29, 1.82) is 0 Å². The molecule has 164 valence electrons. The van der Waals surface area contributed by atoms with Gasteiger partial charge in [-0.1, -0.05) is 44.2 Å². The van der Waals surface area contributed by atoms with Crippen molar-refractivity contribution in [1.82, 2.24) is 14.5 Å². The molecule has 1 unspecified atom stereocenters. The van der Waals surface area contributed by atoms with Crippen molar-refractivity contribution in [2.45, 2.75) is 46.7 Å². The minimum atomic E-state index is -0.358. The average Bonchev–Trinajstić information content (AvgIpc) is 2.78. The first kappa shape index (κ1) is 22.5. The van der Waals surface area contributed by atoms with E-state index in [9.17, 15) is 9.59 Å². The molecule has 1 amide bonds. The van der Waals surface area contributed by atoms with E-state index in [1.807, 2.05) is 62.4 Å². The molecule has 0 aliphatic rings. The minimum absolute atomic E-state index is 0.0591. The molecule has 0 N–H and O–H groups in total. The van der Waals surface area contributed by atoms with Crippen LogP contribution >= 0.6 is 0 Å². The van der Waals surface area contributed by atoms with Gasteiger partial charge in [0.2, 0.25) is 0 Å². The molecule has 0 saturated carbocycles. The smallest absolute Gasteiger partial charge is 0.261 e. The van der Waals surface area contributed by atoms with Gasteiger partial charge in [0, 0.05) is 13.1 Å². The maximum Gasteiger partial charge on any atom is 0.261 e. The van der Waals surface area contributed by atoms with Gasteiger partial charge in [-0.25, -0.2) is 4.98 Å². The average molecular weight is 422 g/mol. The number of hydrogen-bond acceptors (Lipinski definition) is 4. The monoisotopic (exact) mass is 421 g/mol. The highest BCUT2D eigenvalue weighted by Gasteiger charge is 2.26. The third-order valence-electron chi connectivity index (χ3n) is 5.42. The van der Waals surface area contributed by atoms with Crippen molar-refractivity contribution >= 4 is 16.8 Å². The molecule has 0 aliphatic heterocycles. The molecule has 0 radical (unpaired) electrons. The van der Waals surface area contributed by atoms with Gasteiger partial charge in [0.15, 0.2) is 6.61 Å². The van der Waals surface area contributed by atoms with E-state index < -0.39 is 0 Å². The first-order valence-corrected chi connectivity index (χ1v) is 10.9. The predicted octanol–water partition coefficient (Wildman–Crippen LogP) is 4.43. The number of aromatic nitrogens is 2. The van der Waals surface area contributed by atoms with E-state index in [1.165, 1.54) is 0 Å². The fourth-order valence-electron chi connectivity index (χ4n) is 3.63. The minimum Gasteiger partial charge on any atom is -0.484 e. The first-order valence-electron chi connectivity index (χ1n) is 10.9. The lowest BCUT2D eigenvalue weighted by Gasteiger charge is -2.31. The summed E-state index contributed by atoms with van der Waals surface area (Å²) in [6.07, 6.45) is 0.853. The summed E-state index contributed by atoms with van der Waals surface area (Å²) in [5.74, 6) is 1.57. The van der Waals surface area contributed by atoms with Gasteiger partial charge in [-0.05, 0) is 50.5 Å². The number of amides is 1. The molecule has 3 aromatic rings. The Balaban J connectivity index is 1.93. The molecular formula is C25H31N3O3. The second-order valence-corrected chi connectivity index (χ2v) is 8.08. The Kier molecular flexibility index (Phi) is 7.45. The molecule has 6 nitrogen and oxygen atoms in total. The molecule has 31 heavy (non-hydrogen) atoms. The number of benzene rings is 2. The summed E-state index contributed by atoms with van der Waals surface area (Å²) in [6.45, 7) is 9.12. The summed E-state index contributed by atoms with van der Waals surface area (Å²) in [7, 11) is 0. The number of rotatable bonds is 9. The van der Waals surface area contributed by atoms with E-state index in [4.69, 9.17) is 9.72 Å². The van der Waals surface area contributed by atoms with Gasteiger partial charge in [-0.15, -0.1) is 0 Å². The predicted molar refractivity (Wildman–Crippen MR) is 123 cm³/mol. The molecular weight excluding hydrogens is 390 g/mol. The van der Waals surface area contributed by atoms with Crippen molar-refractivity contribution in [3.8, 4) is 5.75 Å². The second-order valence-electron chi connectivity index (χ2n) is 8.08. The number of ether oxygens (including phenoxy) is 1. The first-order chi connectivity index (χ1) is 14.9. The highest BCUT2D eigenvalue weighted by atomic mass is 16.5. The fourth-order valence-corrected chi connectivity index (χ4v) is 3.63. The second kappa shape index (κ2) is 10.2. The Morgan fingerprint density at radius 1 is 1.06 bits per heavy atom. The van der Waals surface area contributed by atoms with Crippen molar-refractivity contribution in [3.63, 3.8) is 0 Å². The van der Waals surface area contributed by atoms with Crippen molar-refractivity contribution < 1.29 is 9.53 Å². The Morgan fingerprint density at radius 3 is 2.42 bits per heavy atom. The SMILES string of the molecule is CCn1c(C(C)N(CCC(C)C)C(=O)COc2ccccc2)nc2ccccc2c1=O. The van der Waals surface area contributed by atoms with Gasteiger partial charge in [0.1, 0.15) is 11.6 Å². The lowest BCUT2D eigenvalue weighted by Crippen LogP contribution is -2.41. The fraction of sp³-hybridized carbons (Fsp3) is 0.400. The summed E-state index contributed by atoms with van der Waals surface area (Å²) in [4.78, 5) is 32.8. The standard InChI is InChI=1S/C25H31N3O3/c1-5-27-24(26-22-14-10-9-13-21(22)25(27)30)19(4)28(16-15-18(2)3)23(29)17-31-20-11-7-6-8-12-20/h6-14,18-19H,5,15-17H2,1-4H3. The molecule has 0 aliphatic carbocycles.